The van der Waals surface area contributed by atoms with Crippen molar-refractivity contribution in [1.82, 2.24) is 10.3 Å². The van der Waals surface area contributed by atoms with Gasteiger partial charge in [-0.15, -0.1) is 11.3 Å². The Hall–Kier alpha value is -1.43. The third-order valence-corrected chi connectivity index (χ3v) is 5.07. The number of nitrogens with zero attached hydrogens (tertiary/aromatic N) is 1. The summed E-state index contributed by atoms with van der Waals surface area (Å²) in [4.78, 5) is 4.60. The van der Waals surface area contributed by atoms with Crippen LogP contribution in [0.25, 0.3) is 0 Å². The van der Waals surface area contributed by atoms with Gasteiger partial charge in [0.25, 0.3) is 0 Å². The van der Waals surface area contributed by atoms with Crippen LogP contribution in [0.3, 0.4) is 0 Å². The van der Waals surface area contributed by atoms with Gasteiger partial charge in [-0.05, 0) is 43.9 Å². The molecule has 23 heavy (non-hydrogen) atoms. The van der Waals surface area contributed by atoms with Crippen LogP contribution in [0.15, 0.2) is 35.7 Å². The Morgan fingerprint density at radius 3 is 2.96 bits per heavy atom. The number of nitrogens with one attached hydrogen (secondary N) is 1. The largest absolute Gasteiger partial charge is 0.486 e. The highest BCUT2D eigenvalue weighted by Crippen LogP contribution is 2.23. The van der Waals surface area contributed by atoms with Gasteiger partial charge in [0.1, 0.15) is 17.4 Å². The highest BCUT2D eigenvalue weighted by Gasteiger charge is 2.19. The number of rotatable bonds is 7. The van der Waals surface area contributed by atoms with E-state index in [0.717, 1.165) is 48.8 Å². The number of hydrogen-bond donors (Lipinski definition) is 2. The smallest absolute Gasteiger partial charge is 0.140 e. The van der Waals surface area contributed by atoms with E-state index in [-0.39, 0.29) is 6.10 Å². The molecule has 1 aliphatic rings. The molecule has 4 nitrogen and oxygen atoms in total. The van der Waals surface area contributed by atoms with Gasteiger partial charge in [-0.25, -0.2) is 4.98 Å². The molecule has 1 fully saturated rings. The maximum Gasteiger partial charge on any atom is 0.140 e. The van der Waals surface area contributed by atoms with Crippen LogP contribution < -0.4 is 10.1 Å². The molecular formula is C18H24N2O2S. The second kappa shape index (κ2) is 8.43. The van der Waals surface area contributed by atoms with E-state index in [1.54, 1.807) is 11.3 Å². The van der Waals surface area contributed by atoms with Crippen LogP contribution in [-0.2, 0) is 13.2 Å². The van der Waals surface area contributed by atoms with Gasteiger partial charge in [-0.3, -0.25) is 0 Å². The van der Waals surface area contributed by atoms with Crippen molar-refractivity contribution in [3.63, 3.8) is 0 Å². The first-order chi connectivity index (χ1) is 11.3. The Morgan fingerprint density at radius 1 is 1.26 bits per heavy atom. The van der Waals surface area contributed by atoms with Gasteiger partial charge in [-0.1, -0.05) is 24.6 Å². The summed E-state index contributed by atoms with van der Waals surface area (Å²) in [5.41, 5.74) is 1.07. The van der Waals surface area contributed by atoms with Crippen LogP contribution in [0.2, 0.25) is 0 Å². The van der Waals surface area contributed by atoms with Crippen molar-refractivity contribution < 1.29 is 9.84 Å². The summed E-state index contributed by atoms with van der Waals surface area (Å²) >= 11 is 1.64. The molecule has 2 aromatic rings. The average Bonchev–Trinajstić information content (AvgIpc) is 3.02. The quantitative estimate of drug-likeness (QED) is 0.816. The van der Waals surface area contributed by atoms with Crippen LogP contribution in [0.5, 0.6) is 5.75 Å². The summed E-state index contributed by atoms with van der Waals surface area (Å²) in [5.74, 6) is 1.47. The molecule has 124 valence electrons. The normalized spacial score (nSPS) is 21.3. The van der Waals surface area contributed by atoms with Gasteiger partial charge in [0.2, 0.25) is 0 Å². The lowest BCUT2D eigenvalue weighted by Crippen LogP contribution is -2.29. The molecule has 0 saturated heterocycles. The molecule has 1 aromatic heterocycles. The summed E-state index contributed by atoms with van der Waals surface area (Å²) in [6.07, 6.45) is 4.16. The van der Waals surface area contributed by atoms with E-state index < -0.39 is 0 Å². The Labute approximate surface area is 141 Å². The molecule has 1 aromatic carbocycles. The molecule has 2 N–H and O–H groups in total. The molecule has 0 aliphatic heterocycles. The fraction of sp³-hybridized carbons (Fsp3) is 0.500. The molecule has 1 saturated carbocycles. The maximum atomic E-state index is 9.70. The second-order valence-corrected chi connectivity index (χ2v) is 7.09. The van der Waals surface area contributed by atoms with E-state index in [0.29, 0.717) is 12.5 Å². The average molecular weight is 332 g/mol. The summed E-state index contributed by atoms with van der Waals surface area (Å²) in [7, 11) is 0. The van der Waals surface area contributed by atoms with Gasteiger partial charge in [0, 0.05) is 11.9 Å². The summed E-state index contributed by atoms with van der Waals surface area (Å²) in [6.45, 7) is 2.27. The van der Waals surface area contributed by atoms with Crippen LogP contribution in [0.4, 0.5) is 0 Å². The van der Waals surface area contributed by atoms with E-state index in [4.69, 9.17) is 4.74 Å². The lowest BCUT2D eigenvalue weighted by atomic mass is 9.87. The lowest BCUT2D eigenvalue weighted by Gasteiger charge is -2.25. The third kappa shape index (κ3) is 5.30. The van der Waals surface area contributed by atoms with Crippen molar-refractivity contribution in [2.45, 2.75) is 44.9 Å². The van der Waals surface area contributed by atoms with Crippen molar-refractivity contribution in [3.05, 3.63) is 46.4 Å². The van der Waals surface area contributed by atoms with E-state index >= 15 is 0 Å². The number of hydrogen-bond acceptors (Lipinski definition) is 5. The minimum absolute atomic E-state index is 0.100. The predicted molar refractivity (Wildman–Crippen MR) is 92.6 cm³/mol. The molecule has 0 amide bonds. The zero-order valence-corrected chi connectivity index (χ0v) is 14.1. The molecule has 1 aliphatic carbocycles. The summed E-state index contributed by atoms with van der Waals surface area (Å²) < 4.78 is 5.72. The molecule has 1 heterocycles. The molecule has 0 bridgehead atoms. The fourth-order valence-electron chi connectivity index (χ4n) is 3.01. The first-order valence-corrected chi connectivity index (χ1v) is 9.17. The number of aliphatic hydroxyl groups is 1. The molecular weight excluding hydrogens is 308 g/mol. The molecule has 0 radical (unpaired) electrons. The van der Waals surface area contributed by atoms with Crippen molar-refractivity contribution in [2.75, 3.05) is 6.54 Å². The monoisotopic (exact) mass is 332 g/mol. The van der Waals surface area contributed by atoms with E-state index in [2.05, 4.69) is 15.7 Å². The van der Waals surface area contributed by atoms with Crippen LogP contribution in [0, 0.1) is 5.92 Å². The second-order valence-electron chi connectivity index (χ2n) is 6.15. The lowest BCUT2D eigenvalue weighted by molar-refractivity contribution is 0.101. The molecule has 3 rings (SSSR count). The van der Waals surface area contributed by atoms with Gasteiger partial charge in [0.05, 0.1) is 11.8 Å². The minimum atomic E-state index is -0.100. The number of benzene rings is 1. The van der Waals surface area contributed by atoms with E-state index in [9.17, 15) is 5.11 Å². The maximum absolute atomic E-state index is 9.70. The highest BCUT2D eigenvalue weighted by molar-refractivity contribution is 7.09. The van der Waals surface area contributed by atoms with Crippen LogP contribution in [0.1, 0.15) is 36.4 Å². The first-order valence-electron chi connectivity index (χ1n) is 8.29. The van der Waals surface area contributed by atoms with Gasteiger partial charge < -0.3 is 15.2 Å². The predicted octanol–water partition coefficient (Wildman–Crippen LogP) is 3.36. The van der Waals surface area contributed by atoms with Gasteiger partial charge >= 0.3 is 0 Å². The molecule has 2 atom stereocenters. The number of ether oxygens (including phenoxy) is 1. The molecule has 5 heteroatoms. The van der Waals surface area contributed by atoms with Crippen LogP contribution >= 0.6 is 11.3 Å². The number of thiazole rings is 1. The van der Waals surface area contributed by atoms with Crippen molar-refractivity contribution in [1.29, 1.82) is 0 Å². The summed E-state index contributed by atoms with van der Waals surface area (Å²) in [5, 5.41) is 16.3. The number of aromatic nitrogens is 1. The number of para-hydroxylation sites is 1. The SMILES string of the molecule is OC1CCCC(CNCc2csc(COc3ccccc3)n2)C1. The molecule has 2 unspecified atom stereocenters. The Balaban J connectivity index is 1.39. The molecule has 0 spiro atoms. The van der Waals surface area contributed by atoms with Crippen LogP contribution in [-0.4, -0.2) is 22.7 Å². The van der Waals surface area contributed by atoms with Crippen molar-refractivity contribution in [2.24, 2.45) is 5.92 Å². The zero-order chi connectivity index (χ0) is 15.9. The summed E-state index contributed by atoms with van der Waals surface area (Å²) in [6, 6.07) is 9.82. The standard InChI is InChI=1S/C18H24N2O2S/c21-16-6-4-5-14(9-16)10-19-11-15-13-23-18(20-15)12-22-17-7-2-1-3-8-17/h1-3,7-8,13-14,16,19,21H,4-6,9-12H2. The topological polar surface area (TPSA) is 54.4 Å². The zero-order valence-electron chi connectivity index (χ0n) is 13.3. The van der Waals surface area contributed by atoms with E-state index in [1.165, 1.54) is 6.42 Å². The Kier molecular flexibility index (Phi) is 6.02. The van der Waals surface area contributed by atoms with Crippen molar-refractivity contribution in [3.8, 4) is 5.75 Å². The Morgan fingerprint density at radius 2 is 2.13 bits per heavy atom. The van der Waals surface area contributed by atoms with Crippen molar-refractivity contribution >= 4 is 11.3 Å². The Bertz CT molecular complexity index is 588. The van der Waals surface area contributed by atoms with Gasteiger partial charge in [-0.2, -0.15) is 0 Å². The number of aliphatic hydroxyl groups excluding tert-OH is 1. The van der Waals surface area contributed by atoms with E-state index in [1.807, 2.05) is 30.3 Å². The van der Waals surface area contributed by atoms with Gasteiger partial charge in [0.15, 0.2) is 0 Å². The first kappa shape index (κ1) is 16.4. The third-order valence-electron chi connectivity index (χ3n) is 4.20. The highest BCUT2D eigenvalue weighted by atomic mass is 32.1. The minimum Gasteiger partial charge on any atom is -0.486 e. The fourth-order valence-corrected chi connectivity index (χ4v) is 3.72.